The molecule has 3 heteroatoms. The first-order chi connectivity index (χ1) is 7.74. The van der Waals surface area contributed by atoms with Gasteiger partial charge in [-0.2, -0.15) is 0 Å². The molecule has 0 saturated carbocycles. The Bertz CT molecular complexity index is 336. The monoisotopic (exact) mass is 220 g/mol. The van der Waals surface area contributed by atoms with Crippen LogP contribution in [0.15, 0.2) is 24.3 Å². The molecule has 2 rings (SSSR count). The van der Waals surface area contributed by atoms with Crippen molar-refractivity contribution in [2.45, 2.75) is 5.92 Å². The highest BCUT2D eigenvalue weighted by Crippen LogP contribution is 2.31. The number of ether oxygens (including phenoxy) is 1. The van der Waals surface area contributed by atoms with E-state index in [1.54, 1.807) is 7.11 Å². The molecule has 2 atom stereocenters. The van der Waals surface area contributed by atoms with Crippen LogP contribution in [0.3, 0.4) is 0 Å². The third-order valence-electron chi connectivity index (χ3n) is 3.47. The molecule has 0 radical (unpaired) electrons. The molecule has 0 amide bonds. The van der Waals surface area contributed by atoms with Crippen LogP contribution in [-0.4, -0.2) is 38.7 Å². The van der Waals surface area contributed by atoms with E-state index in [1.165, 1.54) is 5.56 Å². The third-order valence-corrected chi connectivity index (χ3v) is 3.47. The molecule has 88 valence electrons. The number of methoxy groups -OCH3 is 1. The van der Waals surface area contributed by atoms with Crippen molar-refractivity contribution in [3.63, 3.8) is 0 Å². The maximum Gasteiger partial charge on any atom is 0.118 e. The van der Waals surface area contributed by atoms with Crippen LogP contribution in [0, 0.1) is 5.92 Å². The van der Waals surface area contributed by atoms with Gasteiger partial charge >= 0.3 is 0 Å². The molecule has 0 bridgehead atoms. The van der Waals surface area contributed by atoms with E-state index in [0.29, 0.717) is 11.8 Å². The number of benzene rings is 1. The average Bonchev–Trinajstić information content (AvgIpc) is 2.70. The molecule has 16 heavy (non-hydrogen) atoms. The Balaban J connectivity index is 2.16. The van der Waals surface area contributed by atoms with E-state index < -0.39 is 0 Å². The fraction of sp³-hybridized carbons (Fsp3) is 0.538. The number of likely N-dealkylation sites (N-methyl/N-ethyl adjacent to an activating group) is 1. The lowest BCUT2D eigenvalue weighted by atomic mass is 9.89. The molecule has 0 spiro atoms. The second-order valence-electron chi connectivity index (χ2n) is 4.60. The summed E-state index contributed by atoms with van der Waals surface area (Å²) in [6, 6.07) is 8.37. The summed E-state index contributed by atoms with van der Waals surface area (Å²) in [7, 11) is 3.85. The topological polar surface area (TPSA) is 38.5 Å². The number of rotatable bonds is 3. The zero-order valence-electron chi connectivity index (χ0n) is 10.0. The van der Waals surface area contributed by atoms with Gasteiger partial charge in [0.2, 0.25) is 0 Å². The summed E-state index contributed by atoms with van der Waals surface area (Å²) in [6.45, 7) is 2.97. The van der Waals surface area contributed by atoms with Gasteiger partial charge in [0, 0.05) is 19.0 Å². The van der Waals surface area contributed by atoms with Gasteiger partial charge in [-0.25, -0.2) is 0 Å². The Morgan fingerprint density at radius 2 is 2.00 bits per heavy atom. The van der Waals surface area contributed by atoms with Gasteiger partial charge in [0.15, 0.2) is 0 Å². The predicted molar refractivity (Wildman–Crippen MR) is 65.8 cm³/mol. The Labute approximate surface area is 97.2 Å². The van der Waals surface area contributed by atoms with Gasteiger partial charge in [0.25, 0.3) is 0 Å². The van der Waals surface area contributed by atoms with Crippen molar-refractivity contribution in [1.82, 2.24) is 4.90 Å². The lowest BCUT2D eigenvalue weighted by molar-refractivity contribution is 0.397. The smallest absolute Gasteiger partial charge is 0.118 e. The minimum absolute atomic E-state index is 0.570. The Morgan fingerprint density at radius 3 is 2.56 bits per heavy atom. The van der Waals surface area contributed by atoms with E-state index in [4.69, 9.17) is 10.5 Å². The minimum Gasteiger partial charge on any atom is -0.497 e. The molecule has 1 heterocycles. The fourth-order valence-corrected chi connectivity index (χ4v) is 2.55. The van der Waals surface area contributed by atoms with E-state index in [-0.39, 0.29) is 0 Å². The predicted octanol–water partition coefficient (Wildman–Crippen LogP) is 1.30. The molecule has 1 aromatic rings. The van der Waals surface area contributed by atoms with Crippen molar-refractivity contribution in [1.29, 1.82) is 0 Å². The maximum absolute atomic E-state index is 5.83. The number of nitrogens with two attached hydrogens (primary N) is 1. The van der Waals surface area contributed by atoms with E-state index in [1.807, 2.05) is 12.1 Å². The van der Waals surface area contributed by atoms with E-state index in [0.717, 1.165) is 25.4 Å². The van der Waals surface area contributed by atoms with Gasteiger partial charge in [-0.1, -0.05) is 12.1 Å². The standard InChI is InChI=1S/C13H20N2O/c1-15-8-11(7-14)13(9-15)10-3-5-12(16-2)6-4-10/h3-6,11,13H,7-9,14H2,1-2H3/t11-,13-/m1/s1. The van der Waals surface area contributed by atoms with Crippen LogP contribution in [0.2, 0.25) is 0 Å². The molecule has 0 aliphatic carbocycles. The van der Waals surface area contributed by atoms with Crippen LogP contribution in [0.5, 0.6) is 5.75 Å². The average molecular weight is 220 g/mol. The maximum atomic E-state index is 5.83. The highest BCUT2D eigenvalue weighted by molar-refractivity contribution is 5.30. The molecule has 0 unspecified atom stereocenters. The second kappa shape index (κ2) is 4.85. The first-order valence-electron chi connectivity index (χ1n) is 5.77. The molecule has 0 aromatic heterocycles. The summed E-state index contributed by atoms with van der Waals surface area (Å²) in [4.78, 5) is 2.35. The van der Waals surface area contributed by atoms with Crippen molar-refractivity contribution in [2.75, 3.05) is 33.8 Å². The van der Waals surface area contributed by atoms with Crippen molar-refractivity contribution in [3.05, 3.63) is 29.8 Å². The first kappa shape index (κ1) is 11.4. The quantitative estimate of drug-likeness (QED) is 0.834. The fourth-order valence-electron chi connectivity index (χ4n) is 2.55. The van der Waals surface area contributed by atoms with E-state index in [9.17, 15) is 0 Å². The molecular formula is C13H20N2O. The lowest BCUT2D eigenvalue weighted by Crippen LogP contribution is -2.21. The molecule has 3 nitrogen and oxygen atoms in total. The van der Waals surface area contributed by atoms with Crippen LogP contribution in [0.4, 0.5) is 0 Å². The van der Waals surface area contributed by atoms with E-state index in [2.05, 4.69) is 24.1 Å². The summed E-state index contributed by atoms with van der Waals surface area (Å²) in [5, 5.41) is 0. The Morgan fingerprint density at radius 1 is 1.31 bits per heavy atom. The first-order valence-corrected chi connectivity index (χ1v) is 5.77. The van der Waals surface area contributed by atoms with Crippen LogP contribution in [0.25, 0.3) is 0 Å². The zero-order valence-corrected chi connectivity index (χ0v) is 10.0. The summed E-state index contributed by atoms with van der Waals surface area (Å²) < 4.78 is 5.17. The largest absolute Gasteiger partial charge is 0.497 e. The number of hydrogen-bond acceptors (Lipinski definition) is 3. The third kappa shape index (κ3) is 2.20. The minimum atomic E-state index is 0.570. The van der Waals surface area contributed by atoms with Crippen molar-refractivity contribution >= 4 is 0 Å². The Hall–Kier alpha value is -1.06. The second-order valence-corrected chi connectivity index (χ2v) is 4.60. The van der Waals surface area contributed by atoms with Crippen LogP contribution in [-0.2, 0) is 0 Å². The molecule has 1 aliphatic rings. The zero-order chi connectivity index (χ0) is 11.5. The Kier molecular flexibility index (Phi) is 3.46. The van der Waals surface area contributed by atoms with Gasteiger partial charge in [-0.05, 0) is 37.2 Å². The molecule has 2 N–H and O–H groups in total. The number of hydrogen-bond donors (Lipinski definition) is 1. The van der Waals surface area contributed by atoms with Crippen LogP contribution in [0.1, 0.15) is 11.5 Å². The number of likely N-dealkylation sites (tertiary alicyclic amines) is 1. The molecule has 1 fully saturated rings. The highest BCUT2D eigenvalue weighted by atomic mass is 16.5. The van der Waals surface area contributed by atoms with Crippen LogP contribution >= 0.6 is 0 Å². The SMILES string of the molecule is COc1ccc([C@H]2CN(C)C[C@H]2CN)cc1. The summed E-state index contributed by atoms with van der Waals surface area (Å²) >= 11 is 0. The van der Waals surface area contributed by atoms with Gasteiger partial charge in [0.1, 0.15) is 5.75 Å². The van der Waals surface area contributed by atoms with Gasteiger partial charge in [-0.15, -0.1) is 0 Å². The molecule has 1 aliphatic heterocycles. The summed E-state index contributed by atoms with van der Waals surface area (Å²) in [6.07, 6.45) is 0. The molecule has 1 aromatic carbocycles. The van der Waals surface area contributed by atoms with Crippen molar-refractivity contribution in [3.8, 4) is 5.75 Å². The van der Waals surface area contributed by atoms with Gasteiger partial charge < -0.3 is 15.4 Å². The number of nitrogens with zero attached hydrogens (tertiary/aromatic N) is 1. The molecule has 1 saturated heterocycles. The molecular weight excluding hydrogens is 200 g/mol. The van der Waals surface area contributed by atoms with Gasteiger partial charge in [-0.3, -0.25) is 0 Å². The van der Waals surface area contributed by atoms with Crippen molar-refractivity contribution < 1.29 is 4.74 Å². The van der Waals surface area contributed by atoms with Crippen LogP contribution < -0.4 is 10.5 Å². The summed E-state index contributed by atoms with van der Waals surface area (Å²) in [5.41, 5.74) is 7.20. The van der Waals surface area contributed by atoms with Gasteiger partial charge in [0.05, 0.1) is 7.11 Å². The summed E-state index contributed by atoms with van der Waals surface area (Å²) in [5.74, 6) is 2.07. The normalized spacial score (nSPS) is 25.9. The highest BCUT2D eigenvalue weighted by Gasteiger charge is 2.30. The lowest BCUT2D eigenvalue weighted by Gasteiger charge is -2.17. The van der Waals surface area contributed by atoms with E-state index >= 15 is 0 Å². The van der Waals surface area contributed by atoms with Crippen molar-refractivity contribution in [2.24, 2.45) is 11.7 Å².